The molecule has 1 unspecified atom stereocenters. The van der Waals surface area contributed by atoms with E-state index in [9.17, 15) is 18.4 Å². The molecule has 3 aromatic rings. The first-order valence-electron chi connectivity index (χ1n) is 9.33. The van der Waals surface area contributed by atoms with Gasteiger partial charge in [-0.15, -0.1) is 5.10 Å². The SMILES string of the molecule is COc1ccc(-c2[nH]nc3c2C(c2ccc(C(F)(F)F)cc2)C(C#N)=C(N)O3)cc1OC. The lowest BCUT2D eigenvalue weighted by Gasteiger charge is -2.24. The summed E-state index contributed by atoms with van der Waals surface area (Å²) in [4.78, 5) is 0. The van der Waals surface area contributed by atoms with Crippen LogP contribution in [-0.2, 0) is 6.18 Å². The van der Waals surface area contributed by atoms with E-state index >= 15 is 0 Å². The zero-order valence-corrected chi connectivity index (χ0v) is 16.9. The molecule has 0 amide bonds. The van der Waals surface area contributed by atoms with Crippen molar-refractivity contribution in [2.24, 2.45) is 5.73 Å². The number of nitrogens with zero attached hydrogens (tertiary/aromatic N) is 2. The molecule has 7 nitrogen and oxygen atoms in total. The van der Waals surface area contributed by atoms with Gasteiger partial charge in [-0.05, 0) is 35.9 Å². The lowest BCUT2D eigenvalue weighted by Crippen LogP contribution is -2.21. The average Bonchev–Trinajstić information content (AvgIpc) is 3.20. The van der Waals surface area contributed by atoms with Crippen LogP contribution < -0.4 is 19.9 Å². The van der Waals surface area contributed by atoms with Crippen LogP contribution >= 0.6 is 0 Å². The lowest BCUT2D eigenvalue weighted by atomic mass is 9.82. The van der Waals surface area contributed by atoms with Crippen LogP contribution in [0.15, 0.2) is 53.9 Å². The quantitative estimate of drug-likeness (QED) is 0.623. The fraction of sp³-hybridized carbons (Fsp3) is 0.182. The first-order chi connectivity index (χ1) is 15.3. The first-order valence-corrected chi connectivity index (χ1v) is 9.33. The van der Waals surface area contributed by atoms with Crippen molar-refractivity contribution >= 4 is 0 Å². The van der Waals surface area contributed by atoms with Gasteiger partial charge in [0.05, 0.1) is 37.0 Å². The van der Waals surface area contributed by atoms with Gasteiger partial charge >= 0.3 is 6.18 Å². The number of nitriles is 1. The minimum absolute atomic E-state index is 0.0698. The minimum Gasteiger partial charge on any atom is -0.493 e. The summed E-state index contributed by atoms with van der Waals surface area (Å²) in [6, 6.07) is 11.8. The van der Waals surface area contributed by atoms with Gasteiger partial charge in [0.1, 0.15) is 11.6 Å². The maximum absolute atomic E-state index is 13.0. The molecule has 1 aliphatic heterocycles. The monoisotopic (exact) mass is 442 g/mol. The van der Waals surface area contributed by atoms with E-state index in [0.29, 0.717) is 33.9 Å². The number of hydrogen-bond acceptors (Lipinski definition) is 6. The van der Waals surface area contributed by atoms with Crippen LogP contribution in [0.3, 0.4) is 0 Å². The van der Waals surface area contributed by atoms with Crippen molar-refractivity contribution in [3.63, 3.8) is 0 Å². The number of allylic oxidation sites excluding steroid dienone is 1. The normalized spacial score (nSPS) is 15.6. The van der Waals surface area contributed by atoms with Crippen molar-refractivity contribution in [2.75, 3.05) is 14.2 Å². The van der Waals surface area contributed by atoms with E-state index in [0.717, 1.165) is 12.1 Å². The number of rotatable bonds is 4. The number of aromatic amines is 1. The van der Waals surface area contributed by atoms with Gasteiger partial charge in [0.15, 0.2) is 11.5 Å². The number of H-pyrrole nitrogens is 1. The van der Waals surface area contributed by atoms with Crippen molar-refractivity contribution in [2.45, 2.75) is 12.1 Å². The highest BCUT2D eigenvalue weighted by Crippen LogP contribution is 2.46. The van der Waals surface area contributed by atoms with Gasteiger partial charge in [-0.2, -0.15) is 18.4 Å². The van der Waals surface area contributed by atoms with Gasteiger partial charge in [-0.1, -0.05) is 12.1 Å². The Morgan fingerprint density at radius 3 is 2.38 bits per heavy atom. The Bertz CT molecular complexity index is 1240. The molecule has 4 rings (SSSR count). The fourth-order valence-corrected chi connectivity index (χ4v) is 3.65. The number of nitrogens with two attached hydrogens (primary N) is 1. The van der Waals surface area contributed by atoms with E-state index in [1.54, 1.807) is 18.2 Å². The molecule has 1 atom stereocenters. The summed E-state index contributed by atoms with van der Waals surface area (Å²) in [5.41, 5.74) is 7.27. The van der Waals surface area contributed by atoms with Crippen molar-refractivity contribution < 1.29 is 27.4 Å². The van der Waals surface area contributed by atoms with E-state index in [1.165, 1.54) is 26.4 Å². The Labute approximate surface area is 180 Å². The highest BCUT2D eigenvalue weighted by Gasteiger charge is 2.37. The van der Waals surface area contributed by atoms with Crippen LogP contribution in [0.2, 0.25) is 0 Å². The Hall–Kier alpha value is -4.13. The summed E-state index contributed by atoms with van der Waals surface area (Å²) in [6.07, 6.45) is -4.48. The van der Waals surface area contributed by atoms with E-state index < -0.39 is 17.7 Å². The zero-order valence-electron chi connectivity index (χ0n) is 16.9. The summed E-state index contributed by atoms with van der Waals surface area (Å²) in [6.45, 7) is 0. The molecule has 32 heavy (non-hydrogen) atoms. The minimum atomic E-state index is -4.48. The molecule has 0 bridgehead atoms. The molecule has 1 aliphatic rings. The third-order valence-electron chi connectivity index (χ3n) is 5.18. The van der Waals surface area contributed by atoms with Gasteiger partial charge < -0.3 is 19.9 Å². The van der Waals surface area contributed by atoms with Gasteiger partial charge in [-0.3, -0.25) is 5.10 Å². The standard InChI is InChI=1S/C22H17F3N4O3/c1-30-15-8-5-12(9-16(15)31-2)19-18-17(11-3-6-13(7-4-11)22(23,24)25)14(10-26)20(27)32-21(18)29-28-19/h3-9,17H,27H2,1-2H3,(H,28,29). The second kappa shape index (κ2) is 7.85. The lowest BCUT2D eigenvalue weighted by molar-refractivity contribution is -0.137. The first kappa shape index (κ1) is 21.1. The molecule has 0 radical (unpaired) electrons. The largest absolute Gasteiger partial charge is 0.493 e. The van der Waals surface area contributed by atoms with Crippen molar-refractivity contribution in [1.29, 1.82) is 5.26 Å². The van der Waals surface area contributed by atoms with Crippen molar-refractivity contribution in [1.82, 2.24) is 10.2 Å². The summed E-state index contributed by atoms with van der Waals surface area (Å²) < 4.78 is 55.3. The molecule has 0 fully saturated rings. The molecule has 0 saturated heterocycles. The molecular weight excluding hydrogens is 425 g/mol. The summed E-state index contributed by atoms with van der Waals surface area (Å²) in [5, 5.41) is 16.8. The van der Waals surface area contributed by atoms with Crippen LogP contribution in [-0.4, -0.2) is 24.4 Å². The van der Waals surface area contributed by atoms with E-state index in [2.05, 4.69) is 10.2 Å². The molecule has 2 heterocycles. The second-order valence-electron chi connectivity index (χ2n) is 6.93. The molecule has 0 spiro atoms. The van der Waals surface area contributed by atoms with Gasteiger partial charge in [0.2, 0.25) is 11.8 Å². The summed E-state index contributed by atoms with van der Waals surface area (Å²) in [5.74, 6) is 0.174. The van der Waals surface area contributed by atoms with Crippen LogP contribution in [0.4, 0.5) is 13.2 Å². The number of hydrogen-bond donors (Lipinski definition) is 2. The molecule has 10 heteroatoms. The number of alkyl halides is 3. The Morgan fingerprint density at radius 2 is 1.78 bits per heavy atom. The topological polar surface area (TPSA) is 106 Å². The second-order valence-corrected chi connectivity index (χ2v) is 6.93. The molecular formula is C22H17F3N4O3. The third-order valence-corrected chi connectivity index (χ3v) is 5.18. The Kier molecular flexibility index (Phi) is 5.18. The van der Waals surface area contributed by atoms with Crippen LogP contribution in [0.25, 0.3) is 11.3 Å². The number of methoxy groups -OCH3 is 2. The number of nitrogens with one attached hydrogen (secondary N) is 1. The van der Waals surface area contributed by atoms with Gasteiger partial charge in [0, 0.05) is 5.56 Å². The molecule has 0 aliphatic carbocycles. The number of halogens is 3. The maximum atomic E-state index is 13.0. The molecule has 164 valence electrons. The van der Waals surface area contributed by atoms with E-state index in [-0.39, 0.29) is 17.3 Å². The van der Waals surface area contributed by atoms with E-state index in [4.69, 9.17) is 19.9 Å². The fourth-order valence-electron chi connectivity index (χ4n) is 3.65. The maximum Gasteiger partial charge on any atom is 0.416 e. The van der Waals surface area contributed by atoms with Crippen molar-refractivity contribution in [3.05, 3.63) is 70.6 Å². The Morgan fingerprint density at radius 1 is 1.09 bits per heavy atom. The van der Waals surface area contributed by atoms with Crippen molar-refractivity contribution in [3.8, 4) is 34.7 Å². The summed E-state index contributed by atoms with van der Waals surface area (Å²) in [7, 11) is 3.01. The average molecular weight is 442 g/mol. The smallest absolute Gasteiger partial charge is 0.416 e. The van der Waals surface area contributed by atoms with Crippen LogP contribution in [0.5, 0.6) is 17.4 Å². The van der Waals surface area contributed by atoms with Gasteiger partial charge in [0.25, 0.3) is 0 Å². The number of ether oxygens (including phenoxy) is 3. The Balaban J connectivity index is 1.88. The predicted octanol–water partition coefficient (Wildman–Crippen LogP) is 4.33. The highest BCUT2D eigenvalue weighted by molar-refractivity contribution is 5.73. The predicted molar refractivity (Wildman–Crippen MR) is 108 cm³/mol. The number of benzene rings is 2. The molecule has 3 N–H and O–H groups in total. The van der Waals surface area contributed by atoms with Gasteiger partial charge in [-0.25, -0.2) is 0 Å². The molecule has 0 saturated carbocycles. The van der Waals surface area contributed by atoms with Crippen LogP contribution in [0.1, 0.15) is 22.6 Å². The zero-order chi connectivity index (χ0) is 23.0. The number of aromatic nitrogens is 2. The summed E-state index contributed by atoms with van der Waals surface area (Å²) >= 11 is 0. The number of fused-ring (bicyclic) bond motifs is 1. The molecule has 1 aromatic heterocycles. The van der Waals surface area contributed by atoms with Crippen LogP contribution in [0, 0.1) is 11.3 Å². The van der Waals surface area contributed by atoms with E-state index in [1.807, 2.05) is 6.07 Å². The highest BCUT2D eigenvalue weighted by atomic mass is 19.4. The third kappa shape index (κ3) is 3.47. The molecule has 2 aromatic carbocycles.